The van der Waals surface area contributed by atoms with Crippen LogP contribution in [0.4, 0.5) is 0 Å². The summed E-state index contributed by atoms with van der Waals surface area (Å²) in [5, 5.41) is 6.00. The topological polar surface area (TPSA) is 54.3 Å². The van der Waals surface area contributed by atoms with Gasteiger partial charge in [0.25, 0.3) is 0 Å². The zero-order chi connectivity index (χ0) is 10.7. The quantitative estimate of drug-likeness (QED) is 0.766. The summed E-state index contributed by atoms with van der Waals surface area (Å²) in [4.78, 5) is 11.5. The lowest BCUT2D eigenvalue weighted by Gasteiger charge is -2.34. The Bertz CT molecular complexity index is 330. The van der Waals surface area contributed by atoms with Gasteiger partial charge in [0.15, 0.2) is 0 Å². The Morgan fingerprint density at radius 3 is 3.13 bits per heavy atom. The molecule has 4 nitrogen and oxygen atoms in total. The zero-order valence-electron chi connectivity index (χ0n) is 8.88. The largest absolute Gasteiger partial charge is 0.469 e. The summed E-state index contributed by atoms with van der Waals surface area (Å²) in [7, 11) is 1.90. The molecule has 82 valence electrons. The summed E-state index contributed by atoms with van der Waals surface area (Å²) < 4.78 is 5.46. The van der Waals surface area contributed by atoms with Crippen LogP contribution in [0.3, 0.4) is 0 Å². The molecule has 0 radical (unpaired) electrons. The van der Waals surface area contributed by atoms with E-state index in [0.717, 1.165) is 25.3 Å². The highest BCUT2D eigenvalue weighted by atomic mass is 16.3. The van der Waals surface area contributed by atoms with E-state index in [1.165, 1.54) is 0 Å². The number of carbonyl (C=O) groups excluding carboxylic acids is 1. The van der Waals surface area contributed by atoms with Crippen LogP contribution in [0, 0.1) is 0 Å². The standard InChI is InChI=1S/C11H16N2O2/c1-12-8-11(9-3-2-6-15-9)4-5-13-10(14)7-11/h2-3,6,12H,4-5,7-8H2,1H3,(H,13,14). The number of carbonyl (C=O) groups is 1. The fourth-order valence-electron chi connectivity index (χ4n) is 2.27. The van der Waals surface area contributed by atoms with Crippen LogP contribution in [-0.2, 0) is 10.2 Å². The fourth-order valence-corrected chi connectivity index (χ4v) is 2.27. The van der Waals surface area contributed by atoms with Gasteiger partial charge < -0.3 is 15.1 Å². The van der Waals surface area contributed by atoms with E-state index in [2.05, 4.69) is 10.6 Å². The average molecular weight is 208 g/mol. The highest BCUT2D eigenvalue weighted by Gasteiger charge is 2.39. The van der Waals surface area contributed by atoms with Gasteiger partial charge >= 0.3 is 0 Å². The summed E-state index contributed by atoms with van der Waals surface area (Å²) >= 11 is 0. The number of amides is 1. The maximum Gasteiger partial charge on any atom is 0.221 e. The van der Waals surface area contributed by atoms with E-state index in [1.807, 2.05) is 19.2 Å². The Labute approximate surface area is 89.0 Å². The number of rotatable bonds is 3. The van der Waals surface area contributed by atoms with Crippen molar-refractivity contribution in [2.45, 2.75) is 18.3 Å². The van der Waals surface area contributed by atoms with Crippen molar-refractivity contribution in [3.05, 3.63) is 24.2 Å². The van der Waals surface area contributed by atoms with Gasteiger partial charge in [0.05, 0.1) is 11.7 Å². The predicted molar refractivity (Wildman–Crippen MR) is 56.6 cm³/mol. The number of hydrogen-bond donors (Lipinski definition) is 2. The minimum atomic E-state index is -0.166. The SMILES string of the molecule is CNCC1(c2ccco2)CCNC(=O)C1. The molecule has 2 heterocycles. The maximum atomic E-state index is 11.5. The van der Waals surface area contributed by atoms with Gasteiger partial charge in [-0.2, -0.15) is 0 Å². The molecule has 2 rings (SSSR count). The molecule has 15 heavy (non-hydrogen) atoms. The normalized spacial score (nSPS) is 26.3. The molecule has 0 spiro atoms. The molecule has 2 N–H and O–H groups in total. The Balaban J connectivity index is 2.27. The predicted octanol–water partition coefficient (Wildman–Crippen LogP) is 0.647. The second-order valence-electron chi connectivity index (χ2n) is 4.06. The van der Waals surface area contributed by atoms with Crippen LogP contribution in [0.1, 0.15) is 18.6 Å². The monoisotopic (exact) mass is 208 g/mol. The minimum Gasteiger partial charge on any atom is -0.469 e. The van der Waals surface area contributed by atoms with E-state index < -0.39 is 0 Å². The molecule has 0 bridgehead atoms. The third kappa shape index (κ3) is 1.90. The average Bonchev–Trinajstić information content (AvgIpc) is 2.71. The maximum absolute atomic E-state index is 11.5. The van der Waals surface area contributed by atoms with E-state index in [4.69, 9.17) is 4.42 Å². The first-order valence-corrected chi connectivity index (χ1v) is 5.22. The van der Waals surface area contributed by atoms with Crippen molar-refractivity contribution in [2.75, 3.05) is 20.1 Å². The van der Waals surface area contributed by atoms with Crippen LogP contribution in [0.15, 0.2) is 22.8 Å². The van der Waals surface area contributed by atoms with E-state index in [0.29, 0.717) is 6.42 Å². The number of likely N-dealkylation sites (N-methyl/N-ethyl adjacent to an activating group) is 1. The molecule has 1 aliphatic rings. The molecule has 1 unspecified atom stereocenters. The number of nitrogens with one attached hydrogen (secondary N) is 2. The lowest BCUT2D eigenvalue weighted by atomic mass is 9.76. The summed E-state index contributed by atoms with van der Waals surface area (Å²) in [5.41, 5.74) is -0.166. The molecule has 1 aliphatic heterocycles. The van der Waals surface area contributed by atoms with Crippen molar-refractivity contribution >= 4 is 5.91 Å². The first kappa shape index (κ1) is 10.2. The van der Waals surface area contributed by atoms with Crippen LogP contribution in [0.5, 0.6) is 0 Å². The zero-order valence-corrected chi connectivity index (χ0v) is 8.88. The molecule has 0 aromatic carbocycles. The van der Waals surface area contributed by atoms with E-state index >= 15 is 0 Å². The van der Waals surface area contributed by atoms with Gasteiger partial charge in [-0.25, -0.2) is 0 Å². The van der Waals surface area contributed by atoms with Gasteiger partial charge in [-0.15, -0.1) is 0 Å². The molecule has 0 aliphatic carbocycles. The Morgan fingerprint density at radius 2 is 2.53 bits per heavy atom. The second-order valence-corrected chi connectivity index (χ2v) is 4.06. The number of hydrogen-bond acceptors (Lipinski definition) is 3. The number of furan rings is 1. The van der Waals surface area contributed by atoms with Crippen molar-refractivity contribution in [3.8, 4) is 0 Å². The summed E-state index contributed by atoms with van der Waals surface area (Å²) in [6, 6.07) is 3.83. The minimum absolute atomic E-state index is 0.105. The van der Waals surface area contributed by atoms with Gasteiger partial charge in [-0.05, 0) is 25.6 Å². The molecule has 4 heteroatoms. The van der Waals surface area contributed by atoms with Gasteiger partial charge in [0.2, 0.25) is 5.91 Å². The van der Waals surface area contributed by atoms with E-state index in [1.54, 1.807) is 6.26 Å². The Morgan fingerprint density at radius 1 is 1.67 bits per heavy atom. The van der Waals surface area contributed by atoms with Crippen LogP contribution >= 0.6 is 0 Å². The van der Waals surface area contributed by atoms with Crippen LogP contribution in [0.2, 0.25) is 0 Å². The highest BCUT2D eigenvalue weighted by Crippen LogP contribution is 2.33. The van der Waals surface area contributed by atoms with E-state index in [9.17, 15) is 4.79 Å². The smallest absolute Gasteiger partial charge is 0.221 e. The molecule has 1 amide bonds. The molecule has 1 fully saturated rings. The first-order chi connectivity index (χ1) is 7.27. The summed E-state index contributed by atoms with van der Waals surface area (Å²) in [6.45, 7) is 1.50. The third-order valence-corrected chi connectivity index (χ3v) is 2.98. The van der Waals surface area contributed by atoms with Crippen LogP contribution < -0.4 is 10.6 Å². The lowest BCUT2D eigenvalue weighted by molar-refractivity contribution is -0.124. The molecule has 1 atom stereocenters. The van der Waals surface area contributed by atoms with Crippen molar-refractivity contribution in [1.29, 1.82) is 0 Å². The molecular formula is C11H16N2O2. The Hall–Kier alpha value is -1.29. The van der Waals surface area contributed by atoms with Crippen LogP contribution in [0.25, 0.3) is 0 Å². The van der Waals surface area contributed by atoms with Gasteiger partial charge in [-0.3, -0.25) is 4.79 Å². The van der Waals surface area contributed by atoms with Crippen molar-refractivity contribution in [1.82, 2.24) is 10.6 Å². The third-order valence-electron chi connectivity index (χ3n) is 2.98. The number of piperidine rings is 1. The van der Waals surface area contributed by atoms with Crippen LogP contribution in [-0.4, -0.2) is 26.0 Å². The molecule has 1 aromatic heterocycles. The summed E-state index contributed by atoms with van der Waals surface area (Å²) in [5.74, 6) is 1.01. The van der Waals surface area contributed by atoms with Crippen molar-refractivity contribution in [3.63, 3.8) is 0 Å². The van der Waals surface area contributed by atoms with Gasteiger partial charge in [0, 0.05) is 19.5 Å². The molecule has 1 aromatic rings. The highest BCUT2D eigenvalue weighted by molar-refractivity contribution is 5.78. The molecule has 1 saturated heterocycles. The van der Waals surface area contributed by atoms with Gasteiger partial charge in [-0.1, -0.05) is 0 Å². The van der Waals surface area contributed by atoms with E-state index in [-0.39, 0.29) is 11.3 Å². The van der Waals surface area contributed by atoms with Crippen molar-refractivity contribution in [2.24, 2.45) is 0 Å². The van der Waals surface area contributed by atoms with Crippen molar-refractivity contribution < 1.29 is 9.21 Å². The second kappa shape index (κ2) is 4.06. The molecule has 0 saturated carbocycles. The summed E-state index contributed by atoms with van der Waals surface area (Å²) in [6.07, 6.45) is 3.09. The lowest BCUT2D eigenvalue weighted by Crippen LogP contribution is -2.48. The Kier molecular flexibility index (Phi) is 2.77. The van der Waals surface area contributed by atoms with Gasteiger partial charge in [0.1, 0.15) is 5.76 Å². The molecular weight excluding hydrogens is 192 g/mol. The first-order valence-electron chi connectivity index (χ1n) is 5.22. The fraction of sp³-hybridized carbons (Fsp3) is 0.545.